The van der Waals surface area contributed by atoms with E-state index in [2.05, 4.69) is 39.8 Å². The largest absolute Gasteiger partial charge is 0.416 e. The SMILES string of the molecule is CCC[C@H](c1ccc(C(=O)NCc2nn[nH]n2)cc1)N1C(=O)C(c2cccc(C(F)(F)F)c2)=NC12CCC(C(C)C)CC2. The molecule has 1 fully saturated rings. The summed E-state index contributed by atoms with van der Waals surface area (Å²) in [4.78, 5) is 33.8. The number of alkyl halides is 3. The van der Waals surface area contributed by atoms with Crippen LogP contribution in [0.2, 0.25) is 0 Å². The number of halogens is 3. The van der Waals surface area contributed by atoms with Crippen molar-refractivity contribution < 1.29 is 22.8 Å². The average molecular weight is 596 g/mol. The molecule has 9 nitrogen and oxygen atoms in total. The lowest BCUT2D eigenvalue weighted by Gasteiger charge is -2.46. The molecule has 1 atom stereocenters. The molecule has 2 heterocycles. The number of amides is 2. The first-order valence-corrected chi connectivity index (χ1v) is 14.7. The van der Waals surface area contributed by atoms with E-state index in [1.165, 1.54) is 12.1 Å². The van der Waals surface area contributed by atoms with Crippen LogP contribution in [0.3, 0.4) is 0 Å². The Bertz CT molecular complexity index is 1460. The van der Waals surface area contributed by atoms with Gasteiger partial charge in [-0.15, -0.1) is 10.2 Å². The fourth-order valence-electron chi connectivity index (χ4n) is 6.29. The van der Waals surface area contributed by atoms with Crippen LogP contribution < -0.4 is 5.32 Å². The molecule has 0 unspecified atom stereocenters. The molecule has 1 aliphatic carbocycles. The summed E-state index contributed by atoms with van der Waals surface area (Å²) in [5.74, 6) is 0.668. The topological polar surface area (TPSA) is 116 Å². The van der Waals surface area contributed by atoms with Crippen molar-refractivity contribution in [2.75, 3.05) is 0 Å². The molecular formula is C31H36F3N7O2. The smallest absolute Gasteiger partial charge is 0.345 e. The Hall–Kier alpha value is -4.09. The van der Waals surface area contributed by atoms with Gasteiger partial charge in [0.2, 0.25) is 0 Å². The highest BCUT2D eigenvalue weighted by molar-refractivity contribution is 6.46. The Morgan fingerprint density at radius 2 is 1.86 bits per heavy atom. The lowest BCUT2D eigenvalue weighted by molar-refractivity contribution is -0.137. The van der Waals surface area contributed by atoms with E-state index in [1.807, 2.05) is 24.0 Å². The highest BCUT2D eigenvalue weighted by Crippen LogP contribution is 2.48. The van der Waals surface area contributed by atoms with Gasteiger partial charge in [0.15, 0.2) is 5.82 Å². The third-order valence-corrected chi connectivity index (χ3v) is 8.65. The number of aromatic nitrogens is 4. The number of rotatable bonds is 9. The summed E-state index contributed by atoms with van der Waals surface area (Å²) in [5, 5.41) is 16.2. The summed E-state index contributed by atoms with van der Waals surface area (Å²) >= 11 is 0. The number of hydrogen-bond acceptors (Lipinski definition) is 6. The first-order chi connectivity index (χ1) is 20.5. The Morgan fingerprint density at radius 1 is 1.14 bits per heavy atom. The molecule has 12 heteroatoms. The van der Waals surface area contributed by atoms with Crippen LogP contribution >= 0.6 is 0 Å². The summed E-state index contributed by atoms with van der Waals surface area (Å²) in [5.41, 5.74) is -0.120. The van der Waals surface area contributed by atoms with Crippen molar-refractivity contribution >= 4 is 17.5 Å². The first-order valence-electron chi connectivity index (χ1n) is 14.7. The molecule has 1 saturated carbocycles. The molecule has 228 valence electrons. The zero-order valence-electron chi connectivity index (χ0n) is 24.5. The first kappa shape index (κ1) is 30.4. The Labute approximate surface area is 248 Å². The summed E-state index contributed by atoms with van der Waals surface area (Å²) in [7, 11) is 0. The predicted octanol–water partition coefficient (Wildman–Crippen LogP) is 5.86. The van der Waals surface area contributed by atoms with Gasteiger partial charge in [0.05, 0.1) is 18.2 Å². The lowest BCUT2D eigenvalue weighted by atomic mass is 9.76. The van der Waals surface area contributed by atoms with Crippen LogP contribution in [0.5, 0.6) is 0 Å². The Balaban J connectivity index is 1.47. The van der Waals surface area contributed by atoms with E-state index in [9.17, 15) is 22.8 Å². The van der Waals surface area contributed by atoms with Crippen molar-refractivity contribution in [3.8, 4) is 0 Å². The standard InChI is InChI=1S/C31H36F3N7O2/c1-4-6-25(21-9-11-22(12-10-21)28(42)35-18-26-37-39-40-38-26)41-29(43)27(23-7-5-8-24(17-23)31(32,33)34)36-30(41)15-13-20(14-16-30)19(2)3/h5,7-12,17,19-20,25H,4,6,13-16,18H2,1-3H3,(H,35,42)(H,37,38,39,40)/t20?,25-,30?/m1/s1. The quantitative estimate of drug-likeness (QED) is 0.321. The van der Waals surface area contributed by atoms with Gasteiger partial charge in [-0.3, -0.25) is 14.6 Å². The molecule has 43 heavy (non-hydrogen) atoms. The van der Waals surface area contributed by atoms with Crippen molar-refractivity contribution in [2.24, 2.45) is 16.8 Å². The number of aliphatic imine (C=N–C) groups is 1. The molecule has 0 radical (unpaired) electrons. The van der Waals surface area contributed by atoms with E-state index in [-0.39, 0.29) is 35.7 Å². The van der Waals surface area contributed by atoms with Crippen LogP contribution in [-0.2, 0) is 17.5 Å². The van der Waals surface area contributed by atoms with Crippen molar-refractivity contribution in [3.63, 3.8) is 0 Å². The van der Waals surface area contributed by atoms with Gasteiger partial charge in [-0.05, 0) is 73.8 Å². The van der Waals surface area contributed by atoms with Crippen LogP contribution in [0.4, 0.5) is 13.2 Å². The van der Waals surface area contributed by atoms with E-state index in [1.54, 1.807) is 12.1 Å². The molecule has 0 saturated heterocycles. The second-order valence-electron chi connectivity index (χ2n) is 11.7. The fraction of sp³-hybridized carbons (Fsp3) is 0.484. The fourth-order valence-corrected chi connectivity index (χ4v) is 6.29. The normalized spacial score (nSPS) is 21.4. The molecule has 2 aromatic carbocycles. The van der Waals surface area contributed by atoms with Crippen molar-refractivity contribution in [1.82, 2.24) is 30.8 Å². The highest BCUT2D eigenvalue weighted by Gasteiger charge is 2.52. The van der Waals surface area contributed by atoms with Gasteiger partial charge >= 0.3 is 6.18 Å². The number of H-pyrrole nitrogens is 1. The van der Waals surface area contributed by atoms with Gasteiger partial charge in [-0.2, -0.15) is 18.4 Å². The van der Waals surface area contributed by atoms with Crippen LogP contribution in [0.15, 0.2) is 53.5 Å². The van der Waals surface area contributed by atoms with Crippen LogP contribution in [0.1, 0.15) is 98.2 Å². The van der Waals surface area contributed by atoms with Gasteiger partial charge in [0, 0.05) is 11.1 Å². The highest BCUT2D eigenvalue weighted by atomic mass is 19.4. The number of hydrogen-bond donors (Lipinski definition) is 2. The molecule has 1 aliphatic heterocycles. The summed E-state index contributed by atoms with van der Waals surface area (Å²) in [6.45, 7) is 6.53. The van der Waals surface area contributed by atoms with E-state index in [0.29, 0.717) is 42.5 Å². The second kappa shape index (κ2) is 12.3. The van der Waals surface area contributed by atoms with Crippen LogP contribution in [0, 0.1) is 11.8 Å². The summed E-state index contributed by atoms with van der Waals surface area (Å²) in [6, 6.07) is 11.6. The maximum atomic E-state index is 14.2. The van der Waals surface area contributed by atoms with Crippen LogP contribution in [0.25, 0.3) is 0 Å². The Kier molecular flexibility index (Phi) is 8.66. The molecule has 0 bridgehead atoms. The number of carbonyl (C=O) groups excluding carboxylic acids is 2. The van der Waals surface area contributed by atoms with E-state index in [4.69, 9.17) is 4.99 Å². The van der Waals surface area contributed by atoms with Gasteiger partial charge in [-0.1, -0.05) is 56.7 Å². The van der Waals surface area contributed by atoms with Gasteiger partial charge in [0.1, 0.15) is 11.4 Å². The average Bonchev–Trinajstić information content (AvgIpc) is 3.61. The minimum absolute atomic E-state index is 0.0765. The van der Waals surface area contributed by atoms with E-state index < -0.39 is 17.4 Å². The second-order valence-corrected chi connectivity index (χ2v) is 11.7. The van der Waals surface area contributed by atoms with E-state index >= 15 is 0 Å². The number of benzene rings is 2. The number of aromatic amines is 1. The third kappa shape index (κ3) is 6.33. The minimum Gasteiger partial charge on any atom is -0.345 e. The molecule has 1 spiro atoms. The summed E-state index contributed by atoms with van der Waals surface area (Å²) < 4.78 is 40.7. The number of nitrogens with one attached hydrogen (secondary N) is 2. The monoisotopic (exact) mass is 595 g/mol. The van der Waals surface area contributed by atoms with Crippen molar-refractivity contribution in [2.45, 2.75) is 83.7 Å². The molecule has 2 N–H and O–H groups in total. The third-order valence-electron chi connectivity index (χ3n) is 8.65. The molecule has 3 aromatic rings. The number of nitrogens with zero attached hydrogens (tertiary/aromatic N) is 5. The van der Waals surface area contributed by atoms with Gasteiger partial charge < -0.3 is 10.2 Å². The maximum Gasteiger partial charge on any atom is 0.416 e. The molecular weight excluding hydrogens is 559 g/mol. The van der Waals surface area contributed by atoms with Crippen molar-refractivity contribution in [1.29, 1.82) is 0 Å². The Morgan fingerprint density at radius 3 is 2.47 bits per heavy atom. The zero-order chi connectivity index (χ0) is 30.8. The molecule has 5 rings (SSSR count). The zero-order valence-corrected chi connectivity index (χ0v) is 24.5. The summed E-state index contributed by atoms with van der Waals surface area (Å²) in [6.07, 6.45) is -0.101. The van der Waals surface area contributed by atoms with Gasteiger partial charge in [-0.25, -0.2) is 0 Å². The number of carbonyl (C=O) groups is 2. The molecule has 2 amide bonds. The van der Waals surface area contributed by atoms with E-state index in [0.717, 1.165) is 37.0 Å². The lowest BCUT2D eigenvalue weighted by Crippen LogP contribution is -2.51. The molecule has 2 aliphatic rings. The minimum atomic E-state index is -4.53. The van der Waals surface area contributed by atoms with Crippen molar-refractivity contribution in [3.05, 3.63) is 76.6 Å². The van der Waals surface area contributed by atoms with Gasteiger partial charge in [0.25, 0.3) is 11.8 Å². The number of tetrazole rings is 1. The molecule has 1 aromatic heterocycles. The predicted molar refractivity (Wildman–Crippen MR) is 154 cm³/mol. The van der Waals surface area contributed by atoms with Crippen LogP contribution in [-0.4, -0.2) is 48.7 Å². The maximum absolute atomic E-state index is 14.2.